The van der Waals surface area contributed by atoms with Gasteiger partial charge in [-0.15, -0.1) is 0 Å². The number of nitrogens with zero attached hydrogens (tertiary/aromatic N) is 4. The van der Waals surface area contributed by atoms with Gasteiger partial charge in [-0.2, -0.15) is 5.26 Å². The molecule has 6 heteroatoms. The predicted molar refractivity (Wildman–Crippen MR) is 108 cm³/mol. The lowest BCUT2D eigenvalue weighted by Crippen LogP contribution is -2.40. The molecule has 27 heavy (non-hydrogen) atoms. The first-order valence-corrected chi connectivity index (χ1v) is 9.64. The van der Waals surface area contributed by atoms with Crippen molar-refractivity contribution in [1.29, 1.82) is 5.26 Å². The molecule has 1 fully saturated rings. The van der Waals surface area contributed by atoms with Crippen LogP contribution in [0.5, 0.6) is 5.75 Å². The number of hydrogen-bond donors (Lipinski definition) is 1. The van der Waals surface area contributed by atoms with Crippen LogP contribution in [0.25, 0.3) is 10.9 Å². The van der Waals surface area contributed by atoms with Crippen LogP contribution in [-0.4, -0.2) is 47.7 Å². The summed E-state index contributed by atoms with van der Waals surface area (Å²) in [6, 6.07) is 8.31. The molecule has 1 aromatic carbocycles. The van der Waals surface area contributed by atoms with E-state index in [1.165, 1.54) is 19.3 Å². The first-order valence-electron chi connectivity index (χ1n) is 9.64. The number of benzene rings is 1. The average molecular weight is 367 g/mol. The van der Waals surface area contributed by atoms with Gasteiger partial charge in [0.15, 0.2) is 0 Å². The van der Waals surface area contributed by atoms with Crippen molar-refractivity contribution in [2.75, 3.05) is 32.1 Å². The van der Waals surface area contributed by atoms with Gasteiger partial charge in [0.05, 0.1) is 5.52 Å². The van der Waals surface area contributed by atoms with Gasteiger partial charge in [0, 0.05) is 18.0 Å². The number of piperidine rings is 1. The van der Waals surface area contributed by atoms with Crippen LogP contribution in [0.3, 0.4) is 0 Å². The molecule has 144 valence electrons. The van der Waals surface area contributed by atoms with Crippen LogP contribution in [0.2, 0.25) is 0 Å². The molecule has 1 atom stereocenters. The van der Waals surface area contributed by atoms with Gasteiger partial charge in [-0.05, 0) is 50.0 Å². The van der Waals surface area contributed by atoms with Crippen LogP contribution in [0.1, 0.15) is 45.9 Å². The lowest BCUT2D eigenvalue weighted by molar-refractivity contribution is 0.125. The van der Waals surface area contributed by atoms with Crippen molar-refractivity contribution in [2.24, 2.45) is 5.41 Å². The Morgan fingerprint density at radius 1 is 1.30 bits per heavy atom. The van der Waals surface area contributed by atoms with Crippen molar-refractivity contribution in [3.63, 3.8) is 0 Å². The van der Waals surface area contributed by atoms with E-state index in [9.17, 15) is 5.26 Å². The number of rotatable bonds is 5. The van der Waals surface area contributed by atoms with E-state index < -0.39 is 0 Å². The molecule has 3 rings (SSSR count). The van der Waals surface area contributed by atoms with Crippen LogP contribution in [-0.2, 0) is 0 Å². The summed E-state index contributed by atoms with van der Waals surface area (Å²) >= 11 is 0. The zero-order valence-electron chi connectivity index (χ0n) is 16.7. The summed E-state index contributed by atoms with van der Waals surface area (Å²) in [5, 5.41) is 13.5. The lowest BCUT2D eigenvalue weighted by Gasteiger charge is -2.32. The number of aromatic nitrogens is 2. The Bertz CT molecular complexity index is 837. The van der Waals surface area contributed by atoms with Crippen LogP contribution in [0.15, 0.2) is 18.2 Å². The van der Waals surface area contributed by atoms with Gasteiger partial charge in [-0.3, -0.25) is 0 Å². The highest BCUT2D eigenvalue weighted by Crippen LogP contribution is 2.27. The van der Waals surface area contributed by atoms with E-state index in [4.69, 9.17) is 4.74 Å². The van der Waals surface area contributed by atoms with Crippen molar-refractivity contribution in [3.8, 4) is 11.8 Å². The Kier molecular flexibility index (Phi) is 5.81. The molecule has 6 nitrogen and oxygen atoms in total. The van der Waals surface area contributed by atoms with E-state index in [0.717, 1.165) is 29.7 Å². The number of ether oxygens (including phenoxy) is 1. The number of nitriles is 1. The molecule has 0 bridgehead atoms. The summed E-state index contributed by atoms with van der Waals surface area (Å²) in [7, 11) is 2.17. The summed E-state index contributed by atoms with van der Waals surface area (Å²) in [6.07, 6.45) is 3.71. The highest BCUT2D eigenvalue weighted by Gasteiger charge is 2.19. The minimum Gasteiger partial charge on any atom is -0.492 e. The molecule has 2 aromatic rings. The van der Waals surface area contributed by atoms with E-state index in [1.54, 1.807) is 0 Å². The molecular weight excluding hydrogens is 338 g/mol. The minimum atomic E-state index is 0.101. The lowest BCUT2D eigenvalue weighted by atomic mass is 9.97. The third-order valence-electron chi connectivity index (χ3n) is 4.92. The average Bonchev–Trinajstić information content (AvgIpc) is 2.64. The molecule has 1 aliphatic rings. The largest absolute Gasteiger partial charge is 0.492 e. The maximum absolute atomic E-state index is 9.23. The van der Waals surface area contributed by atoms with Crippen molar-refractivity contribution >= 4 is 16.7 Å². The van der Waals surface area contributed by atoms with E-state index in [1.807, 2.05) is 24.3 Å². The maximum atomic E-state index is 9.23. The molecular formula is C21H29N5O. The summed E-state index contributed by atoms with van der Waals surface area (Å²) in [5.41, 5.74) is 0.851. The molecule has 0 amide bonds. The molecule has 1 aromatic heterocycles. The standard InChI is InChI=1S/C21H29N5O/c1-21(2,3)14-23-20-17-11-16(8-9-18(17)24-19(12-22)25-20)27-13-15-7-5-6-10-26(15)4/h8-9,11,15H,5-7,10,13-14H2,1-4H3,(H,23,24,25). The molecule has 1 aliphatic heterocycles. The van der Waals surface area contributed by atoms with E-state index in [2.05, 4.69) is 48.0 Å². The number of nitrogens with one attached hydrogen (secondary N) is 1. The van der Waals surface area contributed by atoms with Crippen molar-refractivity contribution in [1.82, 2.24) is 14.9 Å². The Morgan fingerprint density at radius 3 is 2.81 bits per heavy atom. The second-order valence-electron chi connectivity index (χ2n) is 8.54. The van der Waals surface area contributed by atoms with Gasteiger partial charge in [0.2, 0.25) is 5.82 Å². The van der Waals surface area contributed by atoms with Gasteiger partial charge >= 0.3 is 0 Å². The summed E-state index contributed by atoms with van der Waals surface area (Å²) in [6.45, 7) is 9.04. The first-order chi connectivity index (χ1) is 12.9. The van der Waals surface area contributed by atoms with Crippen molar-refractivity contribution < 1.29 is 4.74 Å². The van der Waals surface area contributed by atoms with E-state index >= 15 is 0 Å². The Labute approximate surface area is 161 Å². The summed E-state index contributed by atoms with van der Waals surface area (Å²) < 4.78 is 6.09. The molecule has 0 radical (unpaired) electrons. The van der Waals surface area contributed by atoms with Gasteiger partial charge in [-0.1, -0.05) is 27.2 Å². The van der Waals surface area contributed by atoms with Crippen molar-refractivity contribution in [3.05, 3.63) is 24.0 Å². The smallest absolute Gasteiger partial charge is 0.234 e. The van der Waals surface area contributed by atoms with Crippen LogP contribution < -0.4 is 10.1 Å². The summed E-state index contributed by atoms with van der Waals surface area (Å²) in [4.78, 5) is 11.1. The fourth-order valence-electron chi connectivity index (χ4n) is 3.28. The van der Waals surface area contributed by atoms with E-state index in [-0.39, 0.29) is 11.2 Å². The molecule has 1 unspecified atom stereocenters. The quantitative estimate of drug-likeness (QED) is 0.866. The normalized spacial score (nSPS) is 18.3. The third kappa shape index (κ3) is 5.08. The van der Waals surface area contributed by atoms with Crippen LogP contribution in [0, 0.1) is 16.7 Å². The molecule has 0 aliphatic carbocycles. The molecule has 0 saturated carbocycles. The first kappa shape index (κ1) is 19.4. The Balaban J connectivity index is 1.82. The van der Waals surface area contributed by atoms with Crippen LogP contribution in [0.4, 0.5) is 5.82 Å². The number of fused-ring (bicyclic) bond motifs is 1. The molecule has 1 saturated heterocycles. The monoisotopic (exact) mass is 367 g/mol. The van der Waals surface area contributed by atoms with Gasteiger partial charge in [0.25, 0.3) is 0 Å². The third-order valence-corrected chi connectivity index (χ3v) is 4.92. The fraction of sp³-hybridized carbons (Fsp3) is 0.571. The second kappa shape index (κ2) is 8.10. The number of likely N-dealkylation sites (tertiary alicyclic amines) is 1. The summed E-state index contributed by atoms with van der Waals surface area (Å²) in [5.74, 6) is 1.68. The SMILES string of the molecule is CN1CCCCC1COc1ccc2nc(C#N)nc(NCC(C)(C)C)c2c1. The zero-order chi connectivity index (χ0) is 19.4. The van der Waals surface area contributed by atoms with Gasteiger partial charge in [0.1, 0.15) is 24.2 Å². The minimum absolute atomic E-state index is 0.101. The predicted octanol–water partition coefficient (Wildman–Crippen LogP) is 3.82. The van der Waals surface area contributed by atoms with Crippen LogP contribution >= 0.6 is 0 Å². The van der Waals surface area contributed by atoms with Crippen molar-refractivity contribution in [2.45, 2.75) is 46.1 Å². The number of anilines is 1. The van der Waals surface area contributed by atoms with E-state index in [0.29, 0.717) is 18.5 Å². The fourth-order valence-corrected chi connectivity index (χ4v) is 3.28. The van der Waals surface area contributed by atoms with Gasteiger partial charge < -0.3 is 15.0 Å². The molecule has 1 N–H and O–H groups in total. The Morgan fingerprint density at radius 2 is 2.11 bits per heavy atom. The number of hydrogen-bond acceptors (Lipinski definition) is 6. The maximum Gasteiger partial charge on any atom is 0.234 e. The zero-order valence-corrected chi connectivity index (χ0v) is 16.7. The molecule has 0 spiro atoms. The highest BCUT2D eigenvalue weighted by molar-refractivity contribution is 5.90. The van der Waals surface area contributed by atoms with Gasteiger partial charge in [-0.25, -0.2) is 9.97 Å². The topological polar surface area (TPSA) is 74.1 Å². The molecule has 2 heterocycles. The Hall–Kier alpha value is -2.39. The second-order valence-corrected chi connectivity index (χ2v) is 8.54. The number of likely N-dealkylation sites (N-methyl/N-ethyl adjacent to an activating group) is 1. The highest BCUT2D eigenvalue weighted by atomic mass is 16.5.